The molecule has 132 valence electrons. The van der Waals surface area contributed by atoms with Crippen molar-refractivity contribution in [3.8, 4) is 11.6 Å². The van der Waals surface area contributed by atoms with Crippen LogP contribution in [0.25, 0.3) is 0 Å². The molecular weight excluding hydrogens is 356 g/mol. The predicted octanol–water partition coefficient (Wildman–Crippen LogP) is 4.25. The van der Waals surface area contributed by atoms with Crippen molar-refractivity contribution in [1.29, 1.82) is 0 Å². The van der Waals surface area contributed by atoms with E-state index in [-0.39, 0.29) is 23.5 Å². The molecule has 0 aliphatic heterocycles. The fourth-order valence-corrected chi connectivity index (χ4v) is 2.16. The van der Waals surface area contributed by atoms with Crippen LogP contribution in [0, 0.1) is 0 Å². The highest BCUT2D eigenvalue weighted by atomic mass is 35.5. The fraction of sp³-hybridized carbons (Fsp3) is 0.0556. The second-order valence-electron chi connectivity index (χ2n) is 5.21. The molecule has 0 atom stereocenters. The van der Waals surface area contributed by atoms with E-state index in [1.165, 1.54) is 6.20 Å². The van der Waals surface area contributed by atoms with Gasteiger partial charge in [-0.15, -0.1) is 0 Å². The van der Waals surface area contributed by atoms with Crippen LogP contribution in [0.1, 0.15) is 5.56 Å². The maximum Gasteiger partial charge on any atom is 0.411 e. The number of nitrogens with one attached hydrogen (secondary N) is 1. The molecule has 0 fully saturated rings. The zero-order chi connectivity index (χ0) is 18.4. The summed E-state index contributed by atoms with van der Waals surface area (Å²) < 4.78 is 10.7. The minimum Gasteiger partial charge on any atom is -0.444 e. The van der Waals surface area contributed by atoms with Gasteiger partial charge in [0.15, 0.2) is 0 Å². The van der Waals surface area contributed by atoms with Gasteiger partial charge in [-0.05, 0) is 41.4 Å². The van der Waals surface area contributed by atoms with Crippen LogP contribution in [0.15, 0.2) is 60.8 Å². The summed E-state index contributed by atoms with van der Waals surface area (Å²) >= 11 is 5.72. The Morgan fingerprint density at radius 1 is 1.12 bits per heavy atom. The number of hydrogen-bond donors (Lipinski definition) is 2. The molecule has 0 saturated heterocycles. The van der Waals surface area contributed by atoms with Crippen LogP contribution in [-0.4, -0.2) is 16.1 Å². The molecule has 0 aliphatic carbocycles. The second-order valence-corrected chi connectivity index (χ2v) is 5.55. The lowest BCUT2D eigenvalue weighted by Gasteiger charge is -2.09. The van der Waals surface area contributed by atoms with Crippen molar-refractivity contribution in [2.45, 2.75) is 6.61 Å². The van der Waals surface area contributed by atoms with Crippen LogP contribution in [-0.2, 0) is 11.3 Å². The van der Waals surface area contributed by atoms with E-state index in [4.69, 9.17) is 26.8 Å². The van der Waals surface area contributed by atoms with Gasteiger partial charge in [-0.1, -0.05) is 30.3 Å². The van der Waals surface area contributed by atoms with Crippen molar-refractivity contribution in [2.75, 3.05) is 11.1 Å². The van der Waals surface area contributed by atoms with Gasteiger partial charge >= 0.3 is 6.09 Å². The van der Waals surface area contributed by atoms with Gasteiger partial charge in [-0.3, -0.25) is 5.32 Å². The number of carbonyl (C=O) groups is 1. The standard InChI is InChI=1S/C18H15ClN4O3/c19-17-21-10-15(20)16(23-17)26-14-8-6-13(7-9-14)22-18(24)25-11-12-4-2-1-3-5-12/h1-10H,11,20H2,(H,22,24). The Bertz CT molecular complexity index is 889. The molecule has 0 aliphatic rings. The molecule has 26 heavy (non-hydrogen) atoms. The lowest BCUT2D eigenvalue weighted by atomic mass is 10.2. The molecule has 3 rings (SSSR count). The third-order valence-electron chi connectivity index (χ3n) is 3.28. The number of amides is 1. The summed E-state index contributed by atoms with van der Waals surface area (Å²) in [6.45, 7) is 0.196. The quantitative estimate of drug-likeness (QED) is 0.651. The predicted molar refractivity (Wildman–Crippen MR) is 98.2 cm³/mol. The van der Waals surface area contributed by atoms with E-state index in [1.54, 1.807) is 24.3 Å². The SMILES string of the molecule is Nc1cnc(Cl)nc1Oc1ccc(NC(=O)OCc2ccccc2)cc1. The first-order valence-corrected chi connectivity index (χ1v) is 8.01. The molecule has 3 aromatic rings. The summed E-state index contributed by atoms with van der Waals surface area (Å²) in [5, 5.41) is 2.67. The highest BCUT2D eigenvalue weighted by Crippen LogP contribution is 2.26. The number of halogens is 1. The van der Waals surface area contributed by atoms with Crippen molar-refractivity contribution in [3.63, 3.8) is 0 Å². The maximum absolute atomic E-state index is 11.8. The van der Waals surface area contributed by atoms with Crippen molar-refractivity contribution in [2.24, 2.45) is 0 Å². The lowest BCUT2D eigenvalue weighted by molar-refractivity contribution is 0.155. The smallest absolute Gasteiger partial charge is 0.411 e. The molecule has 0 unspecified atom stereocenters. The van der Waals surface area contributed by atoms with Gasteiger partial charge in [0.05, 0.1) is 6.20 Å². The molecule has 0 saturated carbocycles. The summed E-state index contributed by atoms with van der Waals surface area (Å²) in [5.41, 5.74) is 7.47. The van der Waals surface area contributed by atoms with E-state index in [2.05, 4.69) is 15.3 Å². The van der Waals surface area contributed by atoms with E-state index in [1.807, 2.05) is 30.3 Å². The van der Waals surface area contributed by atoms with Crippen LogP contribution in [0.5, 0.6) is 11.6 Å². The van der Waals surface area contributed by atoms with Gasteiger partial charge < -0.3 is 15.2 Å². The Morgan fingerprint density at radius 2 is 1.85 bits per heavy atom. The highest BCUT2D eigenvalue weighted by molar-refractivity contribution is 6.28. The molecule has 2 aromatic carbocycles. The van der Waals surface area contributed by atoms with E-state index in [0.717, 1.165) is 5.56 Å². The summed E-state index contributed by atoms with van der Waals surface area (Å²) in [4.78, 5) is 19.5. The van der Waals surface area contributed by atoms with Crippen molar-refractivity contribution < 1.29 is 14.3 Å². The summed E-state index contributed by atoms with van der Waals surface area (Å²) in [6.07, 6.45) is 0.818. The normalized spacial score (nSPS) is 10.2. The topological polar surface area (TPSA) is 99.4 Å². The number of nitrogen functional groups attached to an aromatic ring is 1. The number of rotatable bonds is 5. The number of carbonyl (C=O) groups excluding carboxylic acids is 1. The van der Waals surface area contributed by atoms with Crippen molar-refractivity contribution in [1.82, 2.24) is 9.97 Å². The molecule has 0 bridgehead atoms. The van der Waals surface area contributed by atoms with Crippen LogP contribution < -0.4 is 15.8 Å². The van der Waals surface area contributed by atoms with Crippen molar-refractivity contribution >= 4 is 29.1 Å². The Morgan fingerprint density at radius 3 is 2.58 bits per heavy atom. The molecule has 0 spiro atoms. The lowest BCUT2D eigenvalue weighted by Crippen LogP contribution is -2.13. The van der Waals surface area contributed by atoms with E-state index in [0.29, 0.717) is 11.4 Å². The number of aromatic nitrogens is 2. The first kappa shape index (κ1) is 17.5. The Labute approximate surface area is 154 Å². The molecule has 1 amide bonds. The van der Waals surface area contributed by atoms with E-state index < -0.39 is 6.09 Å². The monoisotopic (exact) mass is 370 g/mol. The minimum atomic E-state index is -0.547. The number of nitrogens with two attached hydrogens (primary N) is 1. The van der Waals surface area contributed by atoms with Crippen LogP contribution in [0.4, 0.5) is 16.2 Å². The first-order valence-electron chi connectivity index (χ1n) is 7.64. The molecule has 7 nitrogen and oxygen atoms in total. The Balaban J connectivity index is 1.55. The third-order valence-corrected chi connectivity index (χ3v) is 3.46. The van der Waals surface area contributed by atoms with Crippen LogP contribution in [0.3, 0.4) is 0 Å². The van der Waals surface area contributed by atoms with Gasteiger partial charge in [0.1, 0.15) is 18.0 Å². The summed E-state index contributed by atoms with van der Waals surface area (Å²) in [6, 6.07) is 16.1. The second kappa shape index (κ2) is 8.17. The van der Waals surface area contributed by atoms with E-state index in [9.17, 15) is 4.79 Å². The van der Waals surface area contributed by atoms with Gasteiger partial charge in [-0.25, -0.2) is 9.78 Å². The zero-order valence-corrected chi connectivity index (χ0v) is 14.3. The first-order chi connectivity index (χ1) is 12.6. The number of benzene rings is 2. The average Bonchev–Trinajstić information content (AvgIpc) is 2.65. The van der Waals surface area contributed by atoms with Crippen LogP contribution in [0.2, 0.25) is 5.28 Å². The van der Waals surface area contributed by atoms with Gasteiger partial charge in [0.25, 0.3) is 0 Å². The summed E-state index contributed by atoms with van der Waals surface area (Å²) in [5.74, 6) is 0.641. The Kier molecular flexibility index (Phi) is 5.50. The zero-order valence-electron chi connectivity index (χ0n) is 13.6. The average molecular weight is 371 g/mol. The molecule has 1 heterocycles. The van der Waals surface area contributed by atoms with E-state index >= 15 is 0 Å². The molecule has 1 aromatic heterocycles. The minimum absolute atomic E-state index is 0.0358. The number of hydrogen-bond acceptors (Lipinski definition) is 6. The molecular formula is C18H15ClN4O3. The maximum atomic E-state index is 11.8. The largest absolute Gasteiger partial charge is 0.444 e. The molecule has 3 N–H and O–H groups in total. The van der Waals surface area contributed by atoms with Crippen molar-refractivity contribution in [3.05, 3.63) is 71.6 Å². The van der Waals surface area contributed by atoms with Gasteiger partial charge in [-0.2, -0.15) is 4.98 Å². The summed E-state index contributed by atoms with van der Waals surface area (Å²) in [7, 11) is 0. The fourth-order valence-electron chi connectivity index (χ4n) is 2.03. The van der Waals surface area contributed by atoms with Gasteiger partial charge in [0.2, 0.25) is 11.2 Å². The Hall–Kier alpha value is -3.32. The third kappa shape index (κ3) is 4.84. The number of nitrogens with zero attached hydrogens (tertiary/aromatic N) is 2. The molecule has 8 heteroatoms. The highest BCUT2D eigenvalue weighted by Gasteiger charge is 2.07. The number of anilines is 2. The molecule has 0 radical (unpaired) electrons. The van der Waals surface area contributed by atoms with Gasteiger partial charge in [0, 0.05) is 5.69 Å². The van der Waals surface area contributed by atoms with Crippen LogP contribution >= 0.6 is 11.6 Å². The number of ether oxygens (including phenoxy) is 2.